The minimum atomic E-state index is -0.632. The Balaban J connectivity index is 1.35. The second kappa shape index (κ2) is 6.23. The molecule has 5 aliphatic rings. The topological polar surface area (TPSA) is 61.9 Å². The predicted octanol–water partition coefficient (Wildman–Crippen LogP) is 1.72. The van der Waals surface area contributed by atoms with Crippen molar-refractivity contribution in [2.45, 2.75) is 31.4 Å². The van der Waals surface area contributed by atoms with Gasteiger partial charge in [-0.25, -0.2) is 0 Å². The van der Waals surface area contributed by atoms with Crippen LogP contribution in [0.15, 0.2) is 24.3 Å². The Labute approximate surface area is 159 Å². The zero-order valence-electron chi connectivity index (χ0n) is 15.8. The van der Waals surface area contributed by atoms with Crippen molar-refractivity contribution in [1.29, 1.82) is 0 Å². The molecular weight excluding hydrogens is 342 g/mol. The van der Waals surface area contributed by atoms with E-state index in [1.807, 2.05) is 23.1 Å². The van der Waals surface area contributed by atoms with Crippen LogP contribution in [0.3, 0.4) is 0 Å². The van der Waals surface area contributed by atoms with Crippen molar-refractivity contribution in [2.75, 3.05) is 33.2 Å². The van der Waals surface area contributed by atoms with Crippen LogP contribution < -0.4 is 10.1 Å². The first-order valence-electron chi connectivity index (χ1n) is 10.1. The van der Waals surface area contributed by atoms with E-state index in [0.717, 1.165) is 51.9 Å². The summed E-state index contributed by atoms with van der Waals surface area (Å²) in [6, 6.07) is 7.45. The molecule has 1 N–H and O–H groups in total. The molecule has 2 heterocycles. The fraction of sp³-hybridized carbons (Fsp3) is 0.619. The number of fused-ring (bicyclic) bond motifs is 3. The second-order valence-electron chi connectivity index (χ2n) is 8.65. The smallest absolute Gasteiger partial charge is 0.258 e. The van der Waals surface area contributed by atoms with Gasteiger partial charge in [-0.1, -0.05) is 12.1 Å². The van der Waals surface area contributed by atoms with Gasteiger partial charge in [-0.15, -0.1) is 0 Å². The normalized spacial score (nSPS) is 35.5. The van der Waals surface area contributed by atoms with Gasteiger partial charge in [0.2, 0.25) is 5.91 Å². The predicted molar refractivity (Wildman–Crippen MR) is 100 cm³/mol. The number of carbonyl (C=O) groups is 2. The molecule has 0 aromatic heterocycles. The third kappa shape index (κ3) is 2.73. The summed E-state index contributed by atoms with van der Waals surface area (Å²) in [7, 11) is 2.11. The summed E-state index contributed by atoms with van der Waals surface area (Å²) in [4.78, 5) is 30.1. The molecule has 2 aliphatic heterocycles. The Bertz CT molecular complexity index is 774. The number of para-hydroxylation sites is 1. The Morgan fingerprint density at radius 1 is 1.19 bits per heavy atom. The molecule has 6 rings (SSSR count). The summed E-state index contributed by atoms with van der Waals surface area (Å²) in [5.74, 6) is 1.50. The van der Waals surface area contributed by atoms with Crippen molar-refractivity contribution in [2.24, 2.45) is 17.8 Å². The monoisotopic (exact) mass is 369 g/mol. The molecule has 4 unspecified atom stereocenters. The zero-order valence-corrected chi connectivity index (χ0v) is 15.8. The van der Waals surface area contributed by atoms with Crippen LogP contribution in [-0.4, -0.2) is 60.6 Å². The van der Waals surface area contributed by atoms with Crippen LogP contribution in [0, 0.1) is 17.8 Å². The molecule has 3 saturated carbocycles. The first-order chi connectivity index (χ1) is 13.1. The lowest BCUT2D eigenvalue weighted by atomic mass is 9.59. The van der Waals surface area contributed by atoms with E-state index in [4.69, 9.17) is 4.74 Å². The summed E-state index contributed by atoms with van der Waals surface area (Å²) in [5.41, 5.74) is -0.0256. The average molecular weight is 369 g/mol. The number of nitrogens with one attached hydrogen (secondary N) is 1. The van der Waals surface area contributed by atoms with Crippen LogP contribution >= 0.6 is 0 Å². The number of carbonyl (C=O) groups excluding carboxylic acids is 2. The Morgan fingerprint density at radius 2 is 1.96 bits per heavy atom. The van der Waals surface area contributed by atoms with E-state index in [-0.39, 0.29) is 23.7 Å². The number of ether oxygens (including phenoxy) is 1. The van der Waals surface area contributed by atoms with Crippen LogP contribution in [0.4, 0.5) is 0 Å². The van der Waals surface area contributed by atoms with Crippen molar-refractivity contribution < 1.29 is 14.3 Å². The molecule has 6 heteroatoms. The lowest BCUT2D eigenvalue weighted by molar-refractivity contribution is -0.156. The van der Waals surface area contributed by atoms with Gasteiger partial charge >= 0.3 is 0 Å². The van der Waals surface area contributed by atoms with E-state index in [9.17, 15) is 9.59 Å². The van der Waals surface area contributed by atoms with Crippen LogP contribution in [0.2, 0.25) is 0 Å². The lowest BCUT2D eigenvalue weighted by Gasteiger charge is -2.55. The van der Waals surface area contributed by atoms with Crippen molar-refractivity contribution in [3.05, 3.63) is 29.8 Å². The molecule has 4 fully saturated rings. The number of hydrogen-bond donors (Lipinski definition) is 1. The van der Waals surface area contributed by atoms with Gasteiger partial charge in [-0.2, -0.15) is 0 Å². The van der Waals surface area contributed by atoms with Gasteiger partial charge in [0.15, 0.2) is 5.72 Å². The fourth-order valence-corrected chi connectivity index (χ4v) is 5.52. The molecule has 0 radical (unpaired) electrons. The Hall–Kier alpha value is -2.08. The highest BCUT2D eigenvalue weighted by atomic mass is 16.5. The van der Waals surface area contributed by atoms with Gasteiger partial charge in [0.05, 0.1) is 5.56 Å². The van der Waals surface area contributed by atoms with Gasteiger partial charge in [0, 0.05) is 44.4 Å². The summed E-state index contributed by atoms with van der Waals surface area (Å²) in [6.07, 6.45) is 3.62. The third-order valence-corrected chi connectivity index (χ3v) is 7.10. The Morgan fingerprint density at radius 3 is 2.70 bits per heavy atom. The Kier molecular flexibility index (Phi) is 3.93. The molecule has 2 bridgehead atoms. The maximum Gasteiger partial charge on any atom is 0.258 e. The molecular formula is C21H27N3O3. The standard InChI is InChI=1S/C21H27N3O3/c1-23-8-10-24(11-9-23)20(26)17-12-15-7-6-14(17)13-21(15)22-19(25)16-4-2-3-5-18(16)27-21/h2-5,14-15,17H,6-13H2,1H3,(H,22,25). The van der Waals surface area contributed by atoms with E-state index in [1.54, 1.807) is 6.07 Å². The summed E-state index contributed by atoms with van der Waals surface area (Å²) in [5, 5.41) is 3.17. The van der Waals surface area contributed by atoms with Crippen molar-refractivity contribution >= 4 is 11.8 Å². The van der Waals surface area contributed by atoms with Gasteiger partial charge in [-0.3, -0.25) is 9.59 Å². The first-order valence-corrected chi connectivity index (χ1v) is 10.1. The van der Waals surface area contributed by atoms with Crippen LogP contribution in [0.1, 0.15) is 36.0 Å². The molecule has 1 aromatic carbocycles. The highest BCUT2D eigenvalue weighted by Crippen LogP contribution is 2.52. The molecule has 3 aliphatic carbocycles. The van der Waals surface area contributed by atoms with E-state index in [0.29, 0.717) is 17.2 Å². The van der Waals surface area contributed by atoms with E-state index < -0.39 is 5.72 Å². The maximum absolute atomic E-state index is 13.2. The van der Waals surface area contributed by atoms with Crippen molar-refractivity contribution in [3.63, 3.8) is 0 Å². The molecule has 2 amide bonds. The molecule has 1 saturated heterocycles. The summed E-state index contributed by atoms with van der Waals surface area (Å²) < 4.78 is 6.39. The highest BCUT2D eigenvalue weighted by molar-refractivity contribution is 5.98. The minimum Gasteiger partial charge on any atom is -0.467 e. The number of likely N-dealkylation sites (N-methyl/N-ethyl adjacent to an activating group) is 1. The van der Waals surface area contributed by atoms with Crippen LogP contribution in [0.5, 0.6) is 5.75 Å². The van der Waals surface area contributed by atoms with Gasteiger partial charge in [-0.05, 0) is 44.4 Å². The fourth-order valence-electron chi connectivity index (χ4n) is 5.52. The molecule has 27 heavy (non-hydrogen) atoms. The summed E-state index contributed by atoms with van der Waals surface area (Å²) in [6.45, 7) is 3.56. The van der Waals surface area contributed by atoms with E-state index in [1.165, 1.54) is 0 Å². The number of rotatable bonds is 1. The molecule has 144 valence electrons. The summed E-state index contributed by atoms with van der Waals surface area (Å²) >= 11 is 0. The molecule has 1 aromatic rings. The molecule has 4 atom stereocenters. The third-order valence-electron chi connectivity index (χ3n) is 7.10. The SMILES string of the molecule is CN1CCN(C(=O)C2CC3CCC2CC32NC(=O)c3ccccc3O2)CC1. The maximum atomic E-state index is 13.2. The van der Waals surface area contributed by atoms with Gasteiger partial charge in [0.25, 0.3) is 5.91 Å². The number of nitrogens with zero attached hydrogens (tertiary/aromatic N) is 2. The number of hydrogen-bond acceptors (Lipinski definition) is 4. The van der Waals surface area contributed by atoms with Crippen molar-refractivity contribution in [3.8, 4) is 5.75 Å². The van der Waals surface area contributed by atoms with Gasteiger partial charge in [0.1, 0.15) is 5.75 Å². The average Bonchev–Trinajstić information content (AvgIpc) is 2.68. The zero-order chi connectivity index (χ0) is 18.6. The van der Waals surface area contributed by atoms with Crippen LogP contribution in [-0.2, 0) is 4.79 Å². The lowest BCUT2D eigenvalue weighted by Crippen LogP contribution is -2.67. The largest absolute Gasteiger partial charge is 0.467 e. The second-order valence-corrected chi connectivity index (χ2v) is 8.65. The molecule has 6 nitrogen and oxygen atoms in total. The number of benzene rings is 1. The van der Waals surface area contributed by atoms with Gasteiger partial charge < -0.3 is 19.9 Å². The minimum absolute atomic E-state index is 0.0497. The molecule has 1 spiro atoms. The van der Waals surface area contributed by atoms with Crippen molar-refractivity contribution in [1.82, 2.24) is 15.1 Å². The van der Waals surface area contributed by atoms with E-state index >= 15 is 0 Å². The first kappa shape index (κ1) is 17.0. The quantitative estimate of drug-likeness (QED) is 0.819. The van der Waals surface area contributed by atoms with E-state index in [2.05, 4.69) is 17.3 Å². The van der Waals surface area contributed by atoms with Crippen LogP contribution in [0.25, 0.3) is 0 Å². The number of piperazine rings is 1. The highest BCUT2D eigenvalue weighted by Gasteiger charge is 2.57. The number of amides is 2.